The van der Waals surface area contributed by atoms with Crippen molar-refractivity contribution in [3.05, 3.63) is 36.5 Å². The summed E-state index contributed by atoms with van der Waals surface area (Å²) >= 11 is 0. The van der Waals surface area contributed by atoms with Gasteiger partial charge in [0.05, 0.1) is 5.52 Å². The predicted octanol–water partition coefficient (Wildman–Crippen LogP) is 3.22. The van der Waals surface area contributed by atoms with E-state index in [2.05, 4.69) is 41.1 Å². The Balaban J connectivity index is 2.16. The maximum Gasteiger partial charge on any atom is 0.0722 e. The van der Waals surface area contributed by atoms with Crippen LogP contribution < -0.4 is 4.90 Å². The molecule has 0 saturated carbocycles. The van der Waals surface area contributed by atoms with Crippen LogP contribution in [0.5, 0.6) is 0 Å². The molecule has 0 radical (unpaired) electrons. The number of pyridine rings is 1. The van der Waals surface area contributed by atoms with Gasteiger partial charge in [-0.05, 0) is 44.0 Å². The van der Waals surface area contributed by atoms with Gasteiger partial charge in [-0.2, -0.15) is 0 Å². The lowest BCUT2D eigenvalue weighted by molar-refractivity contribution is 0.737. The molecule has 2 nitrogen and oxygen atoms in total. The van der Waals surface area contributed by atoms with Crippen molar-refractivity contribution in [2.45, 2.75) is 25.8 Å². The summed E-state index contributed by atoms with van der Waals surface area (Å²) in [6, 6.07) is 11.3. The Morgan fingerprint density at radius 3 is 3.00 bits per heavy atom. The topological polar surface area (TPSA) is 16.1 Å². The molecule has 1 saturated heterocycles. The maximum atomic E-state index is 4.41. The molecular formula is C14H16N2. The molecule has 1 aliphatic rings. The number of nitrogens with zero attached hydrogens (tertiary/aromatic N) is 2. The number of anilines is 1. The molecule has 1 aromatic heterocycles. The van der Waals surface area contributed by atoms with Crippen molar-refractivity contribution in [3.8, 4) is 0 Å². The zero-order valence-corrected chi connectivity index (χ0v) is 9.56. The number of rotatable bonds is 1. The first kappa shape index (κ1) is 9.64. The molecule has 0 N–H and O–H groups in total. The normalized spacial score (nSPS) is 20.6. The number of aromatic nitrogens is 1. The van der Waals surface area contributed by atoms with Crippen molar-refractivity contribution >= 4 is 16.6 Å². The zero-order valence-electron chi connectivity index (χ0n) is 9.56. The highest BCUT2D eigenvalue weighted by Gasteiger charge is 2.21. The zero-order chi connectivity index (χ0) is 11.0. The number of hydrogen-bond acceptors (Lipinski definition) is 2. The fourth-order valence-electron chi connectivity index (χ4n) is 2.63. The lowest BCUT2D eigenvalue weighted by Crippen LogP contribution is -2.26. The van der Waals surface area contributed by atoms with Gasteiger partial charge in [0.15, 0.2) is 0 Å². The molecule has 2 heteroatoms. The van der Waals surface area contributed by atoms with E-state index >= 15 is 0 Å². The van der Waals surface area contributed by atoms with Crippen LogP contribution in [0.3, 0.4) is 0 Å². The SMILES string of the molecule is CC1CCCN1c1cccc2ncccc12. The van der Waals surface area contributed by atoms with E-state index in [9.17, 15) is 0 Å². The lowest BCUT2D eigenvalue weighted by Gasteiger charge is -2.25. The average Bonchev–Trinajstić information content (AvgIpc) is 2.75. The molecule has 3 rings (SSSR count). The van der Waals surface area contributed by atoms with Crippen molar-refractivity contribution < 1.29 is 0 Å². The van der Waals surface area contributed by atoms with Gasteiger partial charge >= 0.3 is 0 Å². The van der Waals surface area contributed by atoms with E-state index in [0.29, 0.717) is 6.04 Å². The van der Waals surface area contributed by atoms with Crippen LogP contribution >= 0.6 is 0 Å². The summed E-state index contributed by atoms with van der Waals surface area (Å²) in [6.07, 6.45) is 4.47. The molecule has 16 heavy (non-hydrogen) atoms. The largest absolute Gasteiger partial charge is 0.368 e. The Bertz CT molecular complexity index is 502. The standard InChI is InChI=1S/C14H16N2/c1-11-5-4-10-16(11)14-8-2-7-13-12(14)6-3-9-15-13/h2-3,6-9,11H,4-5,10H2,1H3. The summed E-state index contributed by atoms with van der Waals surface area (Å²) in [6.45, 7) is 3.48. The van der Waals surface area contributed by atoms with Crippen molar-refractivity contribution in [2.75, 3.05) is 11.4 Å². The van der Waals surface area contributed by atoms with Gasteiger partial charge in [-0.15, -0.1) is 0 Å². The van der Waals surface area contributed by atoms with E-state index in [1.165, 1.54) is 30.5 Å². The molecule has 1 aliphatic heterocycles. The van der Waals surface area contributed by atoms with Crippen molar-refractivity contribution in [1.82, 2.24) is 4.98 Å². The van der Waals surface area contributed by atoms with Crippen LogP contribution in [0.25, 0.3) is 10.9 Å². The van der Waals surface area contributed by atoms with Crippen LogP contribution in [0.4, 0.5) is 5.69 Å². The lowest BCUT2D eigenvalue weighted by atomic mass is 10.1. The van der Waals surface area contributed by atoms with Gasteiger partial charge < -0.3 is 4.90 Å². The van der Waals surface area contributed by atoms with Crippen LogP contribution in [0.1, 0.15) is 19.8 Å². The molecule has 0 spiro atoms. The van der Waals surface area contributed by atoms with Crippen LogP contribution in [0.15, 0.2) is 36.5 Å². The second-order valence-electron chi connectivity index (χ2n) is 4.53. The molecule has 1 unspecified atom stereocenters. The Morgan fingerprint density at radius 1 is 1.25 bits per heavy atom. The second kappa shape index (κ2) is 3.78. The minimum atomic E-state index is 0.658. The van der Waals surface area contributed by atoms with E-state index in [0.717, 1.165) is 5.52 Å². The van der Waals surface area contributed by atoms with Gasteiger partial charge in [0.2, 0.25) is 0 Å². The molecular weight excluding hydrogens is 196 g/mol. The predicted molar refractivity (Wildman–Crippen MR) is 67.8 cm³/mol. The molecule has 0 aliphatic carbocycles. The Kier molecular flexibility index (Phi) is 2.28. The fraction of sp³-hybridized carbons (Fsp3) is 0.357. The van der Waals surface area contributed by atoms with Gasteiger partial charge in [0.1, 0.15) is 0 Å². The van der Waals surface area contributed by atoms with Gasteiger partial charge in [0, 0.05) is 29.9 Å². The molecule has 0 amide bonds. The highest BCUT2D eigenvalue weighted by molar-refractivity contribution is 5.91. The summed E-state index contributed by atoms with van der Waals surface area (Å²) in [4.78, 5) is 6.92. The smallest absolute Gasteiger partial charge is 0.0722 e. The van der Waals surface area contributed by atoms with Gasteiger partial charge in [-0.1, -0.05) is 6.07 Å². The van der Waals surface area contributed by atoms with E-state index in [1.54, 1.807) is 0 Å². The number of hydrogen-bond donors (Lipinski definition) is 0. The molecule has 0 bridgehead atoms. The Labute approximate surface area is 95.9 Å². The van der Waals surface area contributed by atoms with Gasteiger partial charge in [0.25, 0.3) is 0 Å². The first-order valence-corrected chi connectivity index (χ1v) is 5.96. The maximum absolute atomic E-state index is 4.41. The van der Waals surface area contributed by atoms with Crippen molar-refractivity contribution in [2.24, 2.45) is 0 Å². The minimum Gasteiger partial charge on any atom is -0.368 e. The first-order chi connectivity index (χ1) is 7.86. The van der Waals surface area contributed by atoms with Crippen LogP contribution in [-0.4, -0.2) is 17.6 Å². The highest BCUT2D eigenvalue weighted by atomic mass is 15.2. The van der Waals surface area contributed by atoms with E-state index < -0.39 is 0 Å². The summed E-state index contributed by atoms with van der Waals surface area (Å²) in [5.41, 5.74) is 2.44. The highest BCUT2D eigenvalue weighted by Crippen LogP contribution is 2.31. The van der Waals surface area contributed by atoms with Gasteiger partial charge in [-0.3, -0.25) is 4.98 Å². The van der Waals surface area contributed by atoms with E-state index in [1.807, 2.05) is 12.3 Å². The molecule has 1 aromatic carbocycles. The summed E-state index contributed by atoms with van der Waals surface area (Å²) in [7, 11) is 0. The number of benzene rings is 1. The van der Waals surface area contributed by atoms with Crippen LogP contribution in [0, 0.1) is 0 Å². The minimum absolute atomic E-state index is 0.658. The summed E-state index contributed by atoms with van der Waals surface area (Å²) in [5, 5.41) is 1.28. The van der Waals surface area contributed by atoms with Crippen molar-refractivity contribution in [1.29, 1.82) is 0 Å². The van der Waals surface area contributed by atoms with Crippen molar-refractivity contribution in [3.63, 3.8) is 0 Å². The van der Waals surface area contributed by atoms with Crippen LogP contribution in [0.2, 0.25) is 0 Å². The molecule has 2 aromatic rings. The third kappa shape index (κ3) is 1.45. The Hall–Kier alpha value is -1.57. The van der Waals surface area contributed by atoms with Crippen LogP contribution in [-0.2, 0) is 0 Å². The summed E-state index contributed by atoms with van der Waals surface area (Å²) in [5.74, 6) is 0. The third-order valence-corrected chi connectivity index (χ3v) is 3.49. The molecule has 2 heterocycles. The van der Waals surface area contributed by atoms with E-state index in [-0.39, 0.29) is 0 Å². The third-order valence-electron chi connectivity index (χ3n) is 3.49. The average molecular weight is 212 g/mol. The molecule has 82 valence electrons. The molecule has 1 atom stereocenters. The van der Waals surface area contributed by atoms with Gasteiger partial charge in [-0.25, -0.2) is 0 Å². The second-order valence-corrected chi connectivity index (χ2v) is 4.53. The first-order valence-electron chi connectivity index (χ1n) is 5.96. The quantitative estimate of drug-likeness (QED) is 0.721. The summed E-state index contributed by atoms with van der Waals surface area (Å²) < 4.78 is 0. The Morgan fingerprint density at radius 2 is 2.19 bits per heavy atom. The fourth-order valence-corrected chi connectivity index (χ4v) is 2.63. The number of fused-ring (bicyclic) bond motifs is 1. The monoisotopic (exact) mass is 212 g/mol. The van der Waals surface area contributed by atoms with E-state index in [4.69, 9.17) is 0 Å². The molecule has 1 fully saturated rings.